The summed E-state index contributed by atoms with van der Waals surface area (Å²) in [5.41, 5.74) is 6.47. The number of hydrogen-bond acceptors (Lipinski definition) is 6. The Labute approximate surface area is 190 Å². The molecular formula is C24H26N6OS. The number of pyridine rings is 1. The van der Waals surface area contributed by atoms with Crippen molar-refractivity contribution in [3.05, 3.63) is 64.1 Å². The van der Waals surface area contributed by atoms with Crippen LogP contribution in [0.3, 0.4) is 0 Å². The van der Waals surface area contributed by atoms with E-state index < -0.39 is 0 Å². The van der Waals surface area contributed by atoms with Gasteiger partial charge in [-0.2, -0.15) is 5.10 Å². The Hall–Kier alpha value is -3.26. The lowest BCUT2D eigenvalue weighted by atomic mass is 9.93. The number of thiazole rings is 1. The lowest BCUT2D eigenvalue weighted by molar-refractivity contribution is 0.0702. The van der Waals surface area contributed by atoms with E-state index in [1.807, 2.05) is 55.3 Å². The quantitative estimate of drug-likeness (QED) is 0.455. The third-order valence-corrected chi connectivity index (χ3v) is 6.77. The second-order valence-corrected chi connectivity index (χ2v) is 9.41. The number of hydrogen-bond donors (Lipinski definition) is 2. The van der Waals surface area contributed by atoms with E-state index in [0.717, 1.165) is 63.8 Å². The number of aromatic amines is 1. The fourth-order valence-electron chi connectivity index (χ4n) is 4.35. The zero-order valence-corrected chi connectivity index (χ0v) is 19.3. The first-order valence-electron chi connectivity index (χ1n) is 10.9. The van der Waals surface area contributed by atoms with Gasteiger partial charge in [-0.25, -0.2) is 4.98 Å². The Morgan fingerprint density at radius 1 is 1.16 bits per heavy atom. The molecule has 1 saturated heterocycles. The summed E-state index contributed by atoms with van der Waals surface area (Å²) in [6.07, 6.45) is 1.96. The molecule has 7 nitrogen and oxygen atoms in total. The molecule has 0 bridgehead atoms. The number of fused-ring (bicyclic) bond motifs is 1. The van der Waals surface area contributed by atoms with E-state index in [4.69, 9.17) is 4.98 Å². The van der Waals surface area contributed by atoms with Gasteiger partial charge in [0.25, 0.3) is 5.91 Å². The number of carbonyl (C=O) groups is 1. The number of nitrogens with zero attached hydrogens (tertiary/aromatic N) is 4. The summed E-state index contributed by atoms with van der Waals surface area (Å²) in [5.74, 6) is 0.175. The van der Waals surface area contributed by atoms with E-state index in [9.17, 15) is 4.79 Å². The van der Waals surface area contributed by atoms with Crippen LogP contribution in [0.4, 0.5) is 10.8 Å². The number of aromatic nitrogens is 4. The van der Waals surface area contributed by atoms with Crippen LogP contribution in [0.5, 0.6) is 0 Å². The molecule has 0 spiro atoms. The minimum Gasteiger partial charge on any atom is -0.337 e. The number of anilines is 2. The number of piperidine rings is 1. The number of aryl methyl sites for hydroxylation is 3. The predicted octanol–water partition coefficient (Wildman–Crippen LogP) is 5.10. The van der Waals surface area contributed by atoms with Gasteiger partial charge in [0.05, 0.1) is 11.2 Å². The minimum atomic E-state index is -0.0178. The van der Waals surface area contributed by atoms with Crippen LogP contribution in [0.25, 0.3) is 10.9 Å². The van der Waals surface area contributed by atoms with Gasteiger partial charge in [0, 0.05) is 46.8 Å². The number of amides is 1. The molecule has 32 heavy (non-hydrogen) atoms. The van der Waals surface area contributed by atoms with Gasteiger partial charge in [-0.3, -0.25) is 14.9 Å². The molecule has 4 heterocycles. The largest absolute Gasteiger partial charge is 0.337 e. The van der Waals surface area contributed by atoms with E-state index in [1.54, 1.807) is 11.3 Å². The van der Waals surface area contributed by atoms with E-state index in [2.05, 4.69) is 26.6 Å². The van der Waals surface area contributed by atoms with E-state index in [-0.39, 0.29) is 11.8 Å². The summed E-state index contributed by atoms with van der Waals surface area (Å²) < 4.78 is 0. The number of H-pyrrole nitrogens is 1. The molecule has 1 amide bonds. The summed E-state index contributed by atoms with van der Waals surface area (Å²) in [4.78, 5) is 24.6. The number of carbonyl (C=O) groups excluding carboxylic acids is 1. The second-order valence-electron chi connectivity index (χ2n) is 8.55. The molecule has 1 fully saturated rings. The van der Waals surface area contributed by atoms with Gasteiger partial charge in [0.1, 0.15) is 0 Å². The molecule has 1 unspecified atom stereocenters. The Morgan fingerprint density at radius 2 is 2.03 bits per heavy atom. The highest BCUT2D eigenvalue weighted by Crippen LogP contribution is 2.30. The maximum atomic E-state index is 13.3. The first kappa shape index (κ1) is 20.6. The van der Waals surface area contributed by atoms with E-state index in [0.29, 0.717) is 12.2 Å². The average molecular weight is 447 g/mol. The van der Waals surface area contributed by atoms with E-state index >= 15 is 0 Å². The fourth-order valence-corrected chi connectivity index (χ4v) is 5.06. The van der Waals surface area contributed by atoms with Crippen molar-refractivity contribution >= 4 is 39.0 Å². The molecule has 5 rings (SSSR count). The summed E-state index contributed by atoms with van der Waals surface area (Å²) in [7, 11) is 0. The molecule has 1 aliphatic heterocycles. The first-order valence-corrected chi connectivity index (χ1v) is 11.8. The molecular weight excluding hydrogens is 420 g/mol. The lowest BCUT2D eigenvalue weighted by Gasteiger charge is -2.32. The summed E-state index contributed by atoms with van der Waals surface area (Å²) in [5, 5.41) is 14.5. The SMILES string of the molecule is Cc1ccc2[nH]nc(C(=O)N3CCCC(c4cc(Nc5nc(C)cs5)cc(C)n4)C3)c2c1. The molecule has 1 aromatic carbocycles. The van der Waals surface area contributed by atoms with Crippen molar-refractivity contribution in [1.82, 2.24) is 25.1 Å². The molecule has 2 N–H and O–H groups in total. The number of likely N-dealkylation sites (tertiary alicyclic amines) is 1. The highest BCUT2D eigenvalue weighted by atomic mass is 32.1. The van der Waals surface area contributed by atoms with Gasteiger partial charge in [0.2, 0.25) is 0 Å². The lowest BCUT2D eigenvalue weighted by Crippen LogP contribution is -2.39. The predicted molar refractivity (Wildman–Crippen MR) is 128 cm³/mol. The third-order valence-electron chi connectivity index (χ3n) is 5.89. The summed E-state index contributed by atoms with van der Waals surface area (Å²) >= 11 is 1.59. The van der Waals surface area contributed by atoms with Crippen molar-refractivity contribution in [2.24, 2.45) is 0 Å². The molecule has 3 aromatic heterocycles. The Bertz CT molecular complexity index is 1290. The van der Waals surface area contributed by atoms with Crippen LogP contribution < -0.4 is 5.32 Å². The Morgan fingerprint density at radius 3 is 2.84 bits per heavy atom. The van der Waals surface area contributed by atoms with Gasteiger partial charge < -0.3 is 10.2 Å². The number of rotatable bonds is 4. The van der Waals surface area contributed by atoms with Crippen LogP contribution in [0.15, 0.2) is 35.7 Å². The third kappa shape index (κ3) is 4.10. The van der Waals surface area contributed by atoms with Crippen LogP contribution in [0.1, 0.15) is 51.9 Å². The van der Waals surface area contributed by atoms with Crippen LogP contribution in [0.2, 0.25) is 0 Å². The maximum absolute atomic E-state index is 13.3. The molecule has 1 atom stereocenters. The fraction of sp³-hybridized carbons (Fsp3) is 0.333. The summed E-state index contributed by atoms with van der Waals surface area (Å²) in [6, 6.07) is 10.1. The molecule has 0 radical (unpaired) electrons. The van der Waals surface area contributed by atoms with Crippen molar-refractivity contribution in [1.29, 1.82) is 0 Å². The van der Waals surface area contributed by atoms with Crippen molar-refractivity contribution in [2.45, 2.75) is 39.5 Å². The second kappa shape index (κ2) is 8.35. The van der Waals surface area contributed by atoms with Crippen molar-refractivity contribution in [3.63, 3.8) is 0 Å². The molecule has 1 aliphatic rings. The Kier molecular flexibility index (Phi) is 5.38. The highest BCUT2D eigenvalue weighted by molar-refractivity contribution is 7.13. The standard InChI is InChI=1S/C24H26N6OS/c1-14-6-7-20-19(9-14)22(29-28-20)23(31)30-8-4-5-17(12-30)21-11-18(10-15(2)25-21)27-24-26-16(3)13-32-24/h6-7,9-11,13,17H,4-5,8,12H2,1-3H3,(H,28,29)(H,25,26,27). The zero-order valence-electron chi connectivity index (χ0n) is 18.5. The smallest absolute Gasteiger partial charge is 0.275 e. The van der Waals surface area contributed by atoms with Crippen LogP contribution in [-0.2, 0) is 0 Å². The highest BCUT2D eigenvalue weighted by Gasteiger charge is 2.29. The van der Waals surface area contributed by atoms with Crippen LogP contribution in [0, 0.1) is 20.8 Å². The van der Waals surface area contributed by atoms with Crippen molar-refractivity contribution in [3.8, 4) is 0 Å². The number of nitrogens with one attached hydrogen (secondary N) is 2. The Balaban J connectivity index is 1.37. The molecule has 0 aliphatic carbocycles. The van der Waals surface area contributed by atoms with Gasteiger partial charge in [-0.15, -0.1) is 11.3 Å². The van der Waals surface area contributed by atoms with Crippen LogP contribution >= 0.6 is 11.3 Å². The monoisotopic (exact) mass is 446 g/mol. The molecule has 0 saturated carbocycles. The minimum absolute atomic E-state index is 0.0178. The number of benzene rings is 1. The topological polar surface area (TPSA) is 86.8 Å². The van der Waals surface area contributed by atoms with Crippen LogP contribution in [-0.4, -0.2) is 44.1 Å². The van der Waals surface area contributed by atoms with Gasteiger partial charge >= 0.3 is 0 Å². The van der Waals surface area contributed by atoms with E-state index in [1.165, 1.54) is 0 Å². The first-order chi connectivity index (χ1) is 15.5. The molecule has 4 aromatic rings. The zero-order chi connectivity index (χ0) is 22.2. The van der Waals surface area contributed by atoms with Gasteiger partial charge in [0.15, 0.2) is 10.8 Å². The van der Waals surface area contributed by atoms with Gasteiger partial charge in [-0.05, 0) is 57.9 Å². The van der Waals surface area contributed by atoms with Crippen molar-refractivity contribution in [2.75, 3.05) is 18.4 Å². The normalized spacial score (nSPS) is 16.5. The average Bonchev–Trinajstić information content (AvgIpc) is 3.38. The summed E-state index contributed by atoms with van der Waals surface area (Å²) in [6.45, 7) is 7.41. The maximum Gasteiger partial charge on any atom is 0.275 e. The van der Waals surface area contributed by atoms with Crippen molar-refractivity contribution < 1.29 is 4.79 Å². The molecule has 164 valence electrons. The van der Waals surface area contributed by atoms with Gasteiger partial charge in [-0.1, -0.05) is 11.6 Å². The molecule has 8 heteroatoms.